The van der Waals surface area contributed by atoms with Gasteiger partial charge in [-0.1, -0.05) is 48.4 Å². The van der Waals surface area contributed by atoms with Gasteiger partial charge in [-0.25, -0.2) is 0 Å². The third-order valence-corrected chi connectivity index (χ3v) is 4.27. The zero-order valence-electron chi connectivity index (χ0n) is 13.8. The number of amides is 1. The average molecular weight is 297 g/mol. The highest BCUT2D eigenvalue weighted by Crippen LogP contribution is 2.25. The van der Waals surface area contributed by atoms with Crippen molar-refractivity contribution in [3.05, 3.63) is 53.1 Å². The number of likely N-dealkylation sites (N-methyl/N-ethyl adjacent to an activating group) is 1. The Morgan fingerprint density at radius 1 is 1.05 bits per heavy atom. The van der Waals surface area contributed by atoms with Gasteiger partial charge in [-0.2, -0.15) is 0 Å². The number of benzene rings is 1. The first-order valence-corrected chi connectivity index (χ1v) is 8.50. The Morgan fingerprint density at radius 2 is 1.68 bits per heavy atom. The van der Waals surface area contributed by atoms with E-state index in [0.29, 0.717) is 0 Å². The van der Waals surface area contributed by atoms with E-state index in [1.165, 1.54) is 24.8 Å². The second-order valence-electron chi connectivity index (χ2n) is 5.85. The first-order chi connectivity index (χ1) is 10.7. The first-order valence-electron chi connectivity index (χ1n) is 8.50. The van der Waals surface area contributed by atoms with Crippen LogP contribution in [-0.2, 0) is 4.79 Å². The molecule has 1 aliphatic carbocycles. The Balaban J connectivity index is 2.31. The molecule has 0 N–H and O–H groups in total. The molecule has 0 saturated heterocycles. The van der Waals surface area contributed by atoms with Crippen LogP contribution in [0.3, 0.4) is 0 Å². The maximum atomic E-state index is 12.8. The summed E-state index contributed by atoms with van der Waals surface area (Å²) in [6.45, 7) is 5.58. The zero-order valence-corrected chi connectivity index (χ0v) is 13.8. The molecule has 0 aromatic heterocycles. The summed E-state index contributed by atoms with van der Waals surface area (Å²) < 4.78 is 0. The Hall–Kier alpha value is -1.83. The molecule has 0 heterocycles. The number of nitrogens with zero attached hydrogens (tertiary/aromatic N) is 1. The number of rotatable bonds is 5. The molecule has 2 nitrogen and oxygen atoms in total. The van der Waals surface area contributed by atoms with Crippen molar-refractivity contribution in [1.29, 1.82) is 0 Å². The van der Waals surface area contributed by atoms with Crippen molar-refractivity contribution < 1.29 is 4.79 Å². The largest absolute Gasteiger partial charge is 0.339 e. The summed E-state index contributed by atoms with van der Waals surface area (Å²) in [5.41, 5.74) is 3.34. The summed E-state index contributed by atoms with van der Waals surface area (Å²) in [6, 6.07) is 10.1. The van der Waals surface area contributed by atoms with Crippen LogP contribution in [0.4, 0.5) is 0 Å². The zero-order chi connectivity index (χ0) is 15.8. The number of allylic oxidation sites excluding steroid dienone is 1. The first kappa shape index (κ1) is 16.5. The molecular formula is C20H27NO. The summed E-state index contributed by atoms with van der Waals surface area (Å²) in [6.07, 6.45) is 10.3. The maximum Gasteiger partial charge on any atom is 0.253 e. The van der Waals surface area contributed by atoms with Gasteiger partial charge in [-0.05, 0) is 51.2 Å². The van der Waals surface area contributed by atoms with Crippen molar-refractivity contribution in [2.24, 2.45) is 0 Å². The smallest absolute Gasteiger partial charge is 0.253 e. The van der Waals surface area contributed by atoms with Crippen LogP contribution in [0, 0.1) is 0 Å². The monoisotopic (exact) mass is 297 g/mol. The predicted octanol–water partition coefficient (Wildman–Crippen LogP) is 4.83. The van der Waals surface area contributed by atoms with Crippen LogP contribution in [-0.4, -0.2) is 23.9 Å². The van der Waals surface area contributed by atoms with Gasteiger partial charge >= 0.3 is 0 Å². The molecule has 0 atom stereocenters. The van der Waals surface area contributed by atoms with E-state index < -0.39 is 0 Å². The van der Waals surface area contributed by atoms with E-state index >= 15 is 0 Å². The summed E-state index contributed by atoms with van der Waals surface area (Å²) in [5, 5.41) is 0. The lowest BCUT2D eigenvalue weighted by molar-refractivity contribution is -0.126. The summed E-state index contributed by atoms with van der Waals surface area (Å²) >= 11 is 0. The molecule has 1 amide bonds. The minimum absolute atomic E-state index is 0.145. The van der Waals surface area contributed by atoms with Gasteiger partial charge < -0.3 is 4.90 Å². The van der Waals surface area contributed by atoms with E-state index in [9.17, 15) is 4.79 Å². The lowest BCUT2D eigenvalue weighted by Crippen LogP contribution is -2.31. The Morgan fingerprint density at radius 3 is 2.27 bits per heavy atom. The van der Waals surface area contributed by atoms with Gasteiger partial charge in [-0.3, -0.25) is 4.79 Å². The predicted molar refractivity (Wildman–Crippen MR) is 93.5 cm³/mol. The van der Waals surface area contributed by atoms with Crippen LogP contribution in [0.25, 0.3) is 6.08 Å². The van der Waals surface area contributed by atoms with Crippen LogP contribution in [0.5, 0.6) is 0 Å². The second-order valence-corrected chi connectivity index (χ2v) is 5.85. The van der Waals surface area contributed by atoms with Gasteiger partial charge in [0, 0.05) is 18.7 Å². The quantitative estimate of drug-likeness (QED) is 0.713. The molecule has 0 spiro atoms. The minimum Gasteiger partial charge on any atom is -0.339 e. The van der Waals surface area contributed by atoms with Gasteiger partial charge in [0.25, 0.3) is 5.91 Å². The molecule has 1 aliphatic rings. The van der Waals surface area contributed by atoms with E-state index in [2.05, 4.69) is 18.2 Å². The molecule has 118 valence electrons. The van der Waals surface area contributed by atoms with E-state index in [0.717, 1.165) is 37.1 Å². The summed E-state index contributed by atoms with van der Waals surface area (Å²) in [5.74, 6) is 0.145. The van der Waals surface area contributed by atoms with Crippen molar-refractivity contribution in [3.63, 3.8) is 0 Å². The normalized spacial score (nSPS) is 15.5. The molecule has 1 saturated carbocycles. The topological polar surface area (TPSA) is 20.3 Å². The highest BCUT2D eigenvalue weighted by molar-refractivity contribution is 6.00. The Bertz CT molecular complexity index is 530. The fourth-order valence-corrected chi connectivity index (χ4v) is 2.96. The SMILES string of the molecule is CCN(CC)C(=O)/C(C=C1CCCCC1)=C/c1ccccc1. The van der Waals surface area contributed by atoms with Crippen LogP contribution in [0.2, 0.25) is 0 Å². The fourth-order valence-electron chi connectivity index (χ4n) is 2.96. The molecule has 0 radical (unpaired) electrons. The highest BCUT2D eigenvalue weighted by Gasteiger charge is 2.15. The van der Waals surface area contributed by atoms with Gasteiger partial charge in [0.1, 0.15) is 0 Å². The molecule has 1 aromatic carbocycles. The average Bonchev–Trinajstić information content (AvgIpc) is 2.57. The molecule has 1 fully saturated rings. The van der Waals surface area contributed by atoms with Crippen molar-refractivity contribution >= 4 is 12.0 Å². The van der Waals surface area contributed by atoms with Crippen LogP contribution >= 0.6 is 0 Å². The number of hydrogen-bond donors (Lipinski definition) is 0. The molecule has 0 bridgehead atoms. The molecule has 0 unspecified atom stereocenters. The number of carbonyl (C=O) groups excluding carboxylic acids is 1. The van der Waals surface area contributed by atoms with Crippen molar-refractivity contribution in [1.82, 2.24) is 4.90 Å². The molecular weight excluding hydrogens is 270 g/mol. The standard InChI is InChI=1S/C20H27NO/c1-3-21(4-2)20(22)19(15-17-11-7-5-8-12-17)16-18-13-9-6-10-14-18/h5,7-8,11-12,15-16H,3-4,6,9-10,13-14H2,1-2H3/b19-15+. The van der Waals surface area contributed by atoms with Crippen molar-refractivity contribution in [2.45, 2.75) is 46.0 Å². The van der Waals surface area contributed by atoms with E-state index in [1.807, 2.05) is 43.0 Å². The van der Waals surface area contributed by atoms with Gasteiger partial charge in [0.15, 0.2) is 0 Å². The molecule has 1 aromatic rings. The van der Waals surface area contributed by atoms with Crippen LogP contribution in [0.15, 0.2) is 47.6 Å². The van der Waals surface area contributed by atoms with Gasteiger partial charge in [0.05, 0.1) is 0 Å². The number of hydrogen-bond acceptors (Lipinski definition) is 1. The van der Waals surface area contributed by atoms with Crippen molar-refractivity contribution in [2.75, 3.05) is 13.1 Å². The highest BCUT2D eigenvalue weighted by atomic mass is 16.2. The van der Waals surface area contributed by atoms with Crippen LogP contribution in [0.1, 0.15) is 51.5 Å². The molecule has 2 heteroatoms. The fraction of sp³-hybridized carbons (Fsp3) is 0.450. The lowest BCUT2D eigenvalue weighted by atomic mass is 9.92. The second kappa shape index (κ2) is 8.57. The summed E-state index contributed by atoms with van der Waals surface area (Å²) in [4.78, 5) is 14.7. The third-order valence-electron chi connectivity index (χ3n) is 4.27. The van der Waals surface area contributed by atoms with Gasteiger partial charge in [-0.15, -0.1) is 0 Å². The minimum atomic E-state index is 0.145. The van der Waals surface area contributed by atoms with Crippen LogP contribution < -0.4 is 0 Å². The molecule has 22 heavy (non-hydrogen) atoms. The number of carbonyl (C=O) groups is 1. The Kier molecular flexibility index (Phi) is 6.45. The molecule has 0 aliphatic heterocycles. The van der Waals surface area contributed by atoms with Gasteiger partial charge in [0.2, 0.25) is 0 Å². The lowest BCUT2D eigenvalue weighted by Gasteiger charge is -2.21. The third kappa shape index (κ3) is 4.59. The van der Waals surface area contributed by atoms with Crippen molar-refractivity contribution in [3.8, 4) is 0 Å². The maximum absolute atomic E-state index is 12.8. The van der Waals surface area contributed by atoms with E-state index in [4.69, 9.17) is 0 Å². The van der Waals surface area contributed by atoms with E-state index in [1.54, 1.807) is 0 Å². The summed E-state index contributed by atoms with van der Waals surface area (Å²) in [7, 11) is 0. The van der Waals surface area contributed by atoms with E-state index in [-0.39, 0.29) is 5.91 Å². The molecule has 2 rings (SSSR count). The Labute approximate surface area is 134 Å².